The Kier molecular flexibility index (Phi) is 5.45. The smallest absolute Gasteiger partial charge is 0.257 e. The van der Waals surface area contributed by atoms with Gasteiger partial charge < -0.3 is 4.74 Å². The van der Waals surface area contributed by atoms with Crippen molar-refractivity contribution in [1.82, 2.24) is 4.90 Å². The van der Waals surface area contributed by atoms with Crippen LogP contribution in [0.3, 0.4) is 0 Å². The summed E-state index contributed by atoms with van der Waals surface area (Å²) in [4.78, 5) is 15.5. The molecule has 140 valence electrons. The SMILES string of the molecule is O=C1[C@@H](CN2CCOCC2)C(c2ccccc2)=NN1c1ccc(Cl)c(Cl)c1. The molecule has 4 rings (SSSR count). The van der Waals surface area contributed by atoms with Crippen molar-refractivity contribution in [3.8, 4) is 0 Å². The maximum Gasteiger partial charge on any atom is 0.257 e. The molecule has 2 aromatic rings. The Labute approximate surface area is 168 Å². The molecule has 1 amide bonds. The molecule has 2 aliphatic heterocycles. The molecule has 2 aliphatic rings. The lowest BCUT2D eigenvalue weighted by atomic mass is 9.96. The molecule has 0 radical (unpaired) electrons. The molecule has 2 heterocycles. The number of amides is 1. The van der Waals surface area contributed by atoms with Gasteiger partial charge in [0.2, 0.25) is 0 Å². The Balaban J connectivity index is 1.68. The normalized spacial score (nSPS) is 20.8. The molecule has 5 nitrogen and oxygen atoms in total. The summed E-state index contributed by atoms with van der Waals surface area (Å²) in [7, 11) is 0. The van der Waals surface area contributed by atoms with E-state index in [9.17, 15) is 4.79 Å². The van der Waals surface area contributed by atoms with Crippen LogP contribution in [0, 0.1) is 5.92 Å². The third-order valence-corrected chi connectivity index (χ3v) is 5.55. The Hall–Kier alpha value is -1.92. The first-order chi connectivity index (χ1) is 13.1. The second kappa shape index (κ2) is 7.98. The van der Waals surface area contributed by atoms with E-state index in [1.807, 2.05) is 30.3 Å². The number of benzene rings is 2. The van der Waals surface area contributed by atoms with Crippen LogP contribution < -0.4 is 5.01 Å². The number of anilines is 1. The largest absolute Gasteiger partial charge is 0.379 e. The van der Waals surface area contributed by atoms with E-state index >= 15 is 0 Å². The van der Waals surface area contributed by atoms with Crippen LogP contribution in [0.5, 0.6) is 0 Å². The number of morpholine rings is 1. The van der Waals surface area contributed by atoms with Crippen molar-refractivity contribution in [2.45, 2.75) is 0 Å². The summed E-state index contributed by atoms with van der Waals surface area (Å²) in [5.41, 5.74) is 2.34. The zero-order valence-corrected chi connectivity index (χ0v) is 16.2. The maximum absolute atomic E-state index is 13.2. The van der Waals surface area contributed by atoms with Gasteiger partial charge in [0.1, 0.15) is 0 Å². The molecule has 27 heavy (non-hydrogen) atoms. The second-order valence-corrected chi connectivity index (χ2v) is 7.38. The van der Waals surface area contributed by atoms with E-state index in [-0.39, 0.29) is 11.8 Å². The minimum Gasteiger partial charge on any atom is -0.379 e. The topological polar surface area (TPSA) is 45.1 Å². The summed E-state index contributed by atoms with van der Waals surface area (Å²) in [6, 6.07) is 14.9. The van der Waals surface area contributed by atoms with E-state index in [0.29, 0.717) is 35.5 Å². The highest BCUT2D eigenvalue weighted by molar-refractivity contribution is 6.42. The summed E-state index contributed by atoms with van der Waals surface area (Å²) < 4.78 is 5.42. The fourth-order valence-corrected chi connectivity index (χ4v) is 3.66. The van der Waals surface area contributed by atoms with Crippen molar-refractivity contribution in [2.24, 2.45) is 11.0 Å². The van der Waals surface area contributed by atoms with E-state index in [1.54, 1.807) is 18.2 Å². The molecule has 1 fully saturated rings. The first-order valence-electron chi connectivity index (χ1n) is 8.86. The zero-order chi connectivity index (χ0) is 18.8. The third kappa shape index (κ3) is 3.87. The highest BCUT2D eigenvalue weighted by atomic mass is 35.5. The number of carbonyl (C=O) groups excluding carboxylic acids is 1. The van der Waals surface area contributed by atoms with Crippen LogP contribution in [0.25, 0.3) is 0 Å². The summed E-state index contributed by atoms with van der Waals surface area (Å²) in [6.07, 6.45) is 0. The highest BCUT2D eigenvalue weighted by Gasteiger charge is 2.38. The van der Waals surface area contributed by atoms with Gasteiger partial charge in [0.15, 0.2) is 0 Å². The molecule has 7 heteroatoms. The Morgan fingerprint density at radius 3 is 2.48 bits per heavy atom. The lowest BCUT2D eigenvalue weighted by Crippen LogP contribution is -2.43. The fourth-order valence-electron chi connectivity index (χ4n) is 3.37. The molecule has 0 spiro atoms. The van der Waals surface area contributed by atoms with Gasteiger partial charge in [-0.3, -0.25) is 9.69 Å². The first-order valence-corrected chi connectivity index (χ1v) is 9.62. The quantitative estimate of drug-likeness (QED) is 0.781. The van der Waals surface area contributed by atoms with Crippen LogP contribution >= 0.6 is 23.2 Å². The molecule has 0 unspecified atom stereocenters. The van der Waals surface area contributed by atoms with Crippen molar-refractivity contribution in [3.05, 3.63) is 64.1 Å². The monoisotopic (exact) mass is 403 g/mol. The van der Waals surface area contributed by atoms with Crippen LogP contribution in [0.1, 0.15) is 5.56 Å². The van der Waals surface area contributed by atoms with E-state index in [1.165, 1.54) is 5.01 Å². The molecule has 1 atom stereocenters. The number of hydrogen-bond donors (Lipinski definition) is 0. The van der Waals surface area contributed by atoms with Crippen molar-refractivity contribution < 1.29 is 9.53 Å². The molecule has 0 aliphatic carbocycles. The minimum absolute atomic E-state index is 0.0567. The van der Waals surface area contributed by atoms with Crippen LogP contribution in [-0.2, 0) is 9.53 Å². The Morgan fingerprint density at radius 2 is 1.78 bits per heavy atom. The molecule has 1 saturated heterocycles. The first kappa shape index (κ1) is 18.4. The van der Waals surface area contributed by atoms with Crippen LogP contribution in [0.4, 0.5) is 5.69 Å². The highest BCUT2D eigenvalue weighted by Crippen LogP contribution is 2.32. The van der Waals surface area contributed by atoms with Crippen LogP contribution in [0.15, 0.2) is 53.6 Å². The van der Waals surface area contributed by atoms with Crippen molar-refractivity contribution in [1.29, 1.82) is 0 Å². The van der Waals surface area contributed by atoms with Gasteiger partial charge in [0.25, 0.3) is 5.91 Å². The molecule has 0 bridgehead atoms. The molecule has 0 aromatic heterocycles. The molecule has 0 N–H and O–H groups in total. The van der Waals surface area contributed by atoms with Gasteiger partial charge in [-0.2, -0.15) is 10.1 Å². The second-order valence-electron chi connectivity index (χ2n) is 6.57. The standard InChI is InChI=1S/C20H19Cl2N3O2/c21-17-7-6-15(12-18(17)22)25-20(26)16(13-24-8-10-27-11-9-24)19(23-25)14-4-2-1-3-5-14/h1-7,12,16H,8-11,13H2/t16-/m0/s1. The fraction of sp³-hybridized carbons (Fsp3) is 0.300. The van der Waals surface area contributed by atoms with Gasteiger partial charge in [0.05, 0.1) is 40.6 Å². The molecule has 0 saturated carbocycles. The predicted octanol–water partition coefficient (Wildman–Crippen LogP) is 3.69. The number of ether oxygens (including phenoxy) is 1. The van der Waals surface area contributed by atoms with Crippen molar-refractivity contribution in [3.63, 3.8) is 0 Å². The van der Waals surface area contributed by atoms with E-state index in [2.05, 4.69) is 10.0 Å². The number of halogens is 2. The Morgan fingerprint density at radius 1 is 1.04 bits per heavy atom. The Bertz CT molecular complexity index is 867. The summed E-state index contributed by atoms with van der Waals surface area (Å²) in [5, 5.41) is 6.95. The number of carbonyl (C=O) groups is 1. The average Bonchev–Trinajstić information content (AvgIpc) is 3.02. The van der Waals surface area contributed by atoms with Crippen LogP contribution in [0.2, 0.25) is 10.0 Å². The van der Waals surface area contributed by atoms with Crippen molar-refractivity contribution >= 4 is 40.5 Å². The third-order valence-electron chi connectivity index (χ3n) is 4.81. The number of nitrogens with zero attached hydrogens (tertiary/aromatic N) is 3. The average molecular weight is 404 g/mol. The van der Waals surface area contributed by atoms with E-state index < -0.39 is 0 Å². The van der Waals surface area contributed by atoms with Gasteiger partial charge in [-0.05, 0) is 23.8 Å². The van der Waals surface area contributed by atoms with Gasteiger partial charge in [-0.25, -0.2) is 0 Å². The van der Waals surface area contributed by atoms with Gasteiger partial charge in [0, 0.05) is 19.6 Å². The maximum atomic E-state index is 13.2. The van der Waals surface area contributed by atoms with Crippen molar-refractivity contribution in [2.75, 3.05) is 37.9 Å². The van der Waals surface area contributed by atoms with Gasteiger partial charge in [-0.15, -0.1) is 0 Å². The summed E-state index contributed by atoms with van der Waals surface area (Å²) in [6.45, 7) is 3.63. The van der Waals surface area contributed by atoms with Gasteiger partial charge in [-0.1, -0.05) is 53.5 Å². The predicted molar refractivity (Wildman–Crippen MR) is 108 cm³/mol. The van der Waals surface area contributed by atoms with Gasteiger partial charge >= 0.3 is 0 Å². The summed E-state index contributed by atoms with van der Waals surface area (Å²) >= 11 is 12.2. The molecular formula is C20H19Cl2N3O2. The molecule has 2 aromatic carbocycles. The number of hydrazone groups is 1. The number of rotatable bonds is 4. The number of hydrogen-bond acceptors (Lipinski definition) is 4. The lowest BCUT2D eigenvalue weighted by molar-refractivity contribution is -0.120. The zero-order valence-electron chi connectivity index (χ0n) is 14.6. The lowest BCUT2D eigenvalue weighted by Gasteiger charge is -2.28. The van der Waals surface area contributed by atoms with Crippen LogP contribution in [-0.4, -0.2) is 49.4 Å². The summed E-state index contributed by atoms with van der Waals surface area (Å²) in [5.74, 6) is -0.390. The van der Waals surface area contributed by atoms with E-state index in [4.69, 9.17) is 27.9 Å². The molecular weight excluding hydrogens is 385 g/mol. The minimum atomic E-state index is -0.333. The van der Waals surface area contributed by atoms with E-state index in [0.717, 1.165) is 24.4 Å².